The number of alkyl halides is 3. The Morgan fingerprint density at radius 1 is 0.782 bits per heavy atom. The summed E-state index contributed by atoms with van der Waals surface area (Å²) in [6.07, 6.45) is -2.20. The number of nitrogens with two attached hydrogens (primary N) is 1. The van der Waals surface area contributed by atoms with Gasteiger partial charge in [0.15, 0.2) is 0 Å². The molecule has 2 aliphatic rings. The first kappa shape index (κ1) is 45.3. The van der Waals surface area contributed by atoms with E-state index in [4.69, 9.17) is 38.4 Å². The first-order chi connectivity index (χ1) is 25.7. The summed E-state index contributed by atoms with van der Waals surface area (Å²) in [4.78, 5) is 35.6. The topological polar surface area (TPSA) is 147 Å². The fourth-order valence-electron chi connectivity index (χ4n) is 5.26. The van der Waals surface area contributed by atoms with Gasteiger partial charge >= 0.3 is 6.18 Å². The van der Waals surface area contributed by atoms with E-state index in [9.17, 15) is 22.8 Å². The van der Waals surface area contributed by atoms with Gasteiger partial charge < -0.3 is 41.0 Å². The highest BCUT2D eigenvalue weighted by atomic mass is 127. The summed E-state index contributed by atoms with van der Waals surface area (Å²) in [5.74, 6) is -0.580. The molecule has 2 saturated heterocycles. The first-order valence-electron chi connectivity index (χ1n) is 16.6. The van der Waals surface area contributed by atoms with Crippen LogP contribution in [0.4, 0.5) is 41.6 Å². The van der Waals surface area contributed by atoms with Crippen LogP contribution in [0.5, 0.6) is 0 Å². The van der Waals surface area contributed by atoms with E-state index < -0.39 is 17.6 Å². The molecule has 0 atom stereocenters. The Bertz CT molecular complexity index is 1910. The normalized spacial score (nSPS) is 13.9. The molecular formula is C37H44Cl2F3IN8O4. The van der Waals surface area contributed by atoms with E-state index in [1.165, 1.54) is 12.6 Å². The van der Waals surface area contributed by atoms with Crippen molar-refractivity contribution in [3.63, 3.8) is 0 Å². The molecule has 2 aromatic heterocycles. The standard InChI is InChI=1S/C18H18ClF3N4O2.C12H17N3O2.C6H5ClIN.CH4/c1-23-17(27)12-8-11(26-4-6-28-7-5-26)2-3-14(12)25-15-9-16(19)24-10-13(15)18(20,21)22;1-14-12(16)10-8-9(2-3-11(10)13)15-4-6-17-7-5-15;1-4-3-9-6(7)2-5(4)8;/h2-3,8-10H,4-7H2,1H3,(H,23,27)(H,24,25);2-3,8H,4-7,13H2,1H3,(H,14,16);2-3H,1H3;1H4. The molecule has 298 valence electrons. The van der Waals surface area contributed by atoms with Crippen molar-refractivity contribution in [3.8, 4) is 0 Å². The first-order valence-corrected chi connectivity index (χ1v) is 18.5. The lowest BCUT2D eigenvalue weighted by molar-refractivity contribution is -0.137. The van der Waals surface area contributed by atoms with Crippen LogP contribution in [0.2, 0.25) is 10.3 Å². The highest BCUT2D eigenvalue weighted by Crippen LogP contribution is 2.37. The monoisotopic (exact) mass is 918 g/mol. The van der Waals surface area contributed by atoms with Crippen LogP contribution in [-0.2, 0) is 15.7 Å². The number of nitrogen functional groups attached to an aromatic ring is 1. The number of aromatic nitrogens is 2. The maximum atomic E-state index is 13.3. The largest absolute Gasteiger partial charge is 0.419 e. The Kier molecular flexibility index (Phi) is 17.5. The minimum Gasteiger partial charge on any atom is -0.398 e. The van der Waals surface area contributed by atoms with Gasteiger partial charge in [-0.15, -0.1) is 0 Å². The second kappa shape index (κ2) is 21.3. The number of hydrogen-bond donors (Lipinski definition) is 4. The molecule has 2 aromatic carbocycles. The molecule has 4 heterocycles. The summed E-state index contributed by atoms with van der Waals surface area (Å²) in [5, 5.41) is 8.25. The van der Waals surface area contributed by atoms with Gasteiger partial charge in [0, 0.05) is 73.3 Å². The molecular weight excluding hydrogens is 875 g/mol. The van der Waals surface area contributed by atoms with Crippen molar-refractivity contribution >= 4 is 86.0 Å². The lowest BCUT2D eigenvalue weighted by atomic mass is 10.1. The predicted octanol–water partition coefficient (Wildman–Crippen LogP) is 7.44. The fraction of sp³-hybridized carbons (Fsp3) is 0.351. The molecule has 2 aliphatic heterocycles. The zero-order chi connectivity index (χ0) is 39.4. The smallest absolute Gasteiger partial charge is 0.398 e. The van der Waals surface area contributed by atoms with Gasteiger partial charge in [0.25, 0.3) is 11.8 Å². The van der Waals surface area contributed by atoms with Crippen LogP contribution >= 0.6 is 45.8 Å². The second-order valence-corrected chi connectivity index (χ2v) is 13.7. The molecule has 0 spiro atoms. The Morgan fingerprint density at radius 2 is 1.27 bits per heavy atom. The van der Waals surface area contributed by atoms with Gasteiger partial charge in [0.05, 0.1) is 54.5 Å². The minimum atomic E-state index is -4.62. The molecule has 0 bridgehead atoms. The number of carbonyl (C=O) groups excluding carboxylic acids is 2. The van der Waals surface area contributed by atoms with Crippen molar-refractivity contribution in [1.82, 2.24) is 20.6 Å². The number of carbonyl (C=O) groups is 2. The molecule has 6 rings (SSSR count). The second-order valence-electron chi connectivity index (χ2n) is 11.8. The lowest BCUT2D eigenvalue weighted by Crippen LogP contribution is -2.36. The van der Waals surface area contributed by atoms with Crippen molar-refractivity contribution in [3.05, 3.63) is 97.1 Å². The molecule has 2 fully saturated rings. The minimum absolute atomic E-state index is 0. The van der Waals surface area contributed by atoms with Crippen molar-refractivity contribution in [2.75, 3.05) is 87.6 Å². The third-order valence-corrected chi connectivity index (χ3v) is 9.76. The molecule has 55 heavy (non-hydrogen) atoms. The van der Waals surface area contributed by atoms with Crippen molar-refractivity contribution < 1.29 is 32.2 Å². The van der Waals surface area contributed by atoms with Gasteiger partial charge in [0.1, 0.15) is 10.3 Å². The molecule has 0 unspecified atom stereocenters. The number of pyridine rings is 2. The third kappa shape index (κ3) is 13.0. The van der Waals surface area contributed by atoms with Crippen LogP contribution in [-0.4, -0.2) is 88.5 Å². The van der Waals surface area contributed by atoms with Gasteiger partial charge in [-0.05, 0) is 83.6 Å². The number of anilines is 5. The number of benzene rings is 2. The summed E-state index contributed by atoms with van der Waals surface area (Å²) < 4.78 is 51.7. The number of hydrogen-bond acceptors (Lipinski definition) is 10. The Balaban J connectivity index is 0.000000254. The zero-order valence-corrected chi connectivity index (χ0v) is 33.4. The fourth-order valence-corrected chi connectivity index (χ4v) is 6.19. The number of nitrogens with zero attached hydrogens (tertiary/aromatic N) is 4. The maximum absolute atomic E-state index is 13.3. The predicted molar refractivity (Wildman–Crippen MR) is 221 cm³/mol. The van der Waals surface area contributed by atoms with E-state index in [1.54, 1.807) is 37.5 Å². The highest BCUT2D eigenvalue weighted by Gasteiger charge is 2.34. The highest BCUT2D eigenvalue weighted by molar-refractivity contribution is 14.1. The number of morpholine rings is 2. The summed E-state index contributed by atoms with van der Waals surface area (Å²) in [5.41, 5.74) is 8.97. The zero-order valence-electron chi connectivity index (χ0n) is 29.7. The quantitative estimate of drug-likeness (QED) is 0.0875. The Morgan fingerprint density at radius 3 is 1.78 bits per heavy atom. The Hall–Kier alpha value is -4.10. The Labute approximate surface area is 342 Å². The molecule has 0 saturated carbocycles. The van der Waals surface area contributed by atoms with Gasteiger partial charge in [0.2, 0.25) is 0 Å². The van der Waals surface area contributed by atoms with Crippen molar-refractivity contribution in [2.45, 2.75) is 20.5 Å². The number of aryl methyl sites for hydroxylation is 1. The SMILES string of the molecule is C.CNC(=O)c1cc(N2CCOCC2)ccc1N.CNC(=O)c1cc(N2CCOCC2)ccc1Nc1cc(Cl)ncc1C(F)(F)F.Cc1cnc(Cl)cc1I. The summed E-state index contributed by atoms with van der Waals surface area (Å²) >= 11 is 13.6. The maximum Gasteiger partial charge on any atom is 0.419 e. The van der Waals surface area contributed by atoms with Crippen molar-refractivity contribution in [2.24, 2.45) is 0 Å². The average molecular weight is 920 g/mol. The van der Waals surface area contributed by atoms with E-state index in [-0.39, 0.29) is 35.4 Å². The number of amides is 2. The molecule has 5 N–H and O–H groups in total. The van der Waals surface area contributed by atoms with Crippen molar-refractivity contribution in [1.29, 1.82) is 0 Å². The van der Waals surface area contributed by atoms with Crippen LogP contribution in [0, 0.1) is 10.5 Å². The van der Waals surface area contributed by atoms with Gasteiger partial charge in [-0.25, -0.2) is 9.97 Å². The van der Waals surface area contributed by atoms with Crippen LogP contribution < -0.4 is 31.5 Å². The number of rotatable bonds is 6. The average Bonchev–Trinajstić information content (AvgIpc) is 3.17. The van der Waals surface area contributed by atoms with Gasteiger partial charge in [-0.1, -0.05) is 30.6 Å². The van der Waals surface area contributed by atoms with E-state index in [1.807, 2.05) is 30.0 Å². The van der Waals surface area contributed by atoms with Crippen LogP contribution in [0.15, 0.2) is 60.9 Å². The summed E-state index contributed by atoms with van der Waals surface area (Å²) in [6.45, 7) is 7.61. The molecule has 12 nitrogen and oxygen atoms in total. The number of halogens is 6. The van der Waals surface area contributed by atoms with E-state index in [0.29, 0.717) is 48.9 Å². The number of nitrogens with one attached hydrogen (secondary N) is 3. The van der Waals surface area contributed by atoms with Gasteiger partial charge in [-0.2, -0.15) is 13.2 Å². The summed E-state index contributed by atoms with van der Waals surface area (Å²) in [6, 6.07) is 13.4. The molecule has 0 aliphatic carbocycles. The van der Waals surface area contributed by atoms with Crippen LogP contribution in [0.1, 0.15) is 39.3 Å². The van der Waals surface area contributed by atoms with Gasteiger partial charge in [-0.3, -0.25) is 9.59 Å². The lowest BCUT2D eigenvalue weighted by Gasteiger charge is -2.29. The van der Waals surface area contributed by atoms with Crippen LogP contribution in [0.25, 0.3) is 0 Å². The molecule has 2 amide bonds. The molecule has 18 heteroatoms. The molecule has 0 radical (unpaired) electrons. The third-order valence-electron chi connectivity index (χ3n) is 8.19. The molecule has 4 aromatic rings. The van der Waals surface area contributed by atoms with E-state index in [2.05, 4.69) is 53.4 Å². The summed E-state index contributed by atoms with van der Waals surface area (Å²) in [7, 11) is 3.06. The van der Waals surface area contributed by atoms with Crippen LogP contribution in [0.3, 0.4) is 0 Å². The van der Waals surface area contributed by atoms with E-state index >= 15 is 0 Å². The number of ether oxygens (including phenoxy) is 2. The van der Waals surface area contributed by atoms with E-state index in [0.717, 1.165) is 47.3 Å².